The zero-order chi connectivity index (χ0) is 20.7. The van der Waals surface area contributed by atoms with Gasteiger partial charge in [0.2, 0.25) is 11.8 Å². The quantitative estimate of drug-likeness (QED) is 0.617. The first kappa shape index (κ1) is 22.5. The van der Waals surface area contributed by atoms with Gasteiger partial charge in [-0.25, -0.2) is 0 Å². The van der Waals surface area contributed by atoms with E-state index in [1.165, 1.54) is 0 Å². The molecule has 1 atom stereocenters. The minimum atomic E-state index is -0.624. The van der Waals surface area contributed by atoms with Gasteiger partial charge < -0.3 is 10.2 Å². The molecule has 0 aliphatic rings. The van der Waals surface area contributed by atoms with E-state index in [1.807, 2.05) is 19.1 Å². The first-order chi connectivity index (χ1) is 13.3. The van der Waals surface area contributed by atoms with E-state index in [4.69, 9.17) is 34.8 Å². The maximum absolute atomic E-state index is 13.1. The lowest BCUT2D eigenvalue weighted by atomic mass is 10.1. The number of halogens is 3. The molecule has 0 spiro atoms. The molecule has 0 saturated carbocycles. The van der Waals surface area contributed by atoms with Crippen LogP contribution in [0.4, 0.5) is 0 Å². The molecule has 0 aliphatic carbocycles. The summed E-state index contributed by atoms with van der Waals surface area (Å²) in [6.45, 7) is 4.56. The summed E-state index contributed by atoms with van der Waals surface area (Å²) in [5.74, 6) is -0.385. The number of carbonyl (C=O) groups is 2. The van der Waals surface area contributed by atoms with Crippen LogP contribution in [0.1, 0.15) is 31.4 Å². The Hall–Kier alpha value is -1.75. The van der Waals surface area contributed by atoms with Crippen molar-refractivity contribution in [2.24, 2.45) is 0 Å². The van der Waals surface area contributed by atoms with Crippen molar-refractivity contribution < 1.29 is 9.59 Å². The second-order valence-electron chi connectivity index (χ2n) is 6.53. The molecule has 0 fully saturated rings. The maximum atomic E-state index is 13.1. The minimum absolute atomic E-state index is 0.0784. The largest absolute Gasteiger partial charge is 0.354 e. The summed E-state index contributed by atoms with van der Waals surface area (Å²) in [6.07, 6.45) is 0.902. The molecule has 2 aromatic rings. The Balaban J connectivity index is 2.23. The third kappa shape index (κ3) is 6.40. The van der Waals surface area contributed by atoms with Gasteiger partial charge in [0, 0.05) is 28.2 Å². The molecular weight excluding hydrogens is 419 g/mol. The summed E-state index contributed by atoms with van der Waals surface area (Å²) in [4.78, 5) is 27.1. The molecule has 2 rings (SSSR count). The van der Waals surface area contributed by atoms with Crippen LogP contribution in [0.5, 0.6) is 0 Å². The van der Waals surface area contributed by atoms with Crippen molar-refractivity contribution in [3.63, 3.8) is 0 Å². The van der Waals surface area contributed by atoms with Crippen molar-refractivity contribution in [1.82, 2.24) is 10.2 Å². The van der Waals surface area contributed by atoms with E-state index < -0.39 is 6.04 Å². The first-order valence-electron chi connectivity index (χ1n) is 9.07. The van der Waals surface area contributed by atoms with Crippen LogP contribution in [0.2, 0.25) is 15.1 Å². The van der Waals surface area contributed by atoms with Gasteiger partial charge in [-0.05, 0) is 48.7 Å². The standard InChI is InChI=1S/C21H23Cl3N2O2/c1-3-10-25-21(28)14(2)26(13-15-4-7-17(22)8-5-15)20(27)11-16-6-9-18(23)12-19(16)24/h4-9,12,14H,3,10-11,13H2,1-2H3,(H,25,28). The minimum Gasteiger partial charge on any atom is -0.354 e. The molecule has 0 radical (unpaired) electrons. The van der Waals surface area contributed by atoms with E-state index in [-0.39, 0.29) is 18.2 Å². The Kier molecular flexibility index (Phi) is 8.61. The number of nitrogens with zero attached hydrogens (tertiary/aromatic N) is 1. The molecule has 0 bridgehead atoms. The number of carbonyl (C=O) groups excluding carboxylic acids is 2. The van der Waals surface area contributed by atoms with E-state index >= 15 is 0 Å². The number of nitrogens with one attached hydrogen (secondary N) is 1. The highest BCUT2D eigenvalue weighted by atomic mass is 35.5. The lowest BCUT2D eigenvalue weighted by Gasteiger charge is -2.29. The normalized spacial score (nSPS) is 11.8. The average Bonchev–Trinajstić information content (AvgIpc) is 2.67. The number of hydrogen-bond donors (Lipinski definition) is 1. The molecule has 4 nitrogen and oxygen atoms in total. The van der Waals surface area contributed by atoms with Crippen LogP contribution in [-0.4, -0.2) is 29.3 Å². The zero-order valence-corrected chi connectivity index (χ0v) is 18.1. The predicted molar refractivity (Wildman–Crippen MR) is 115 cm³/mol. The number of rotatable bonds is 8. The van der Waals surface area contributed by atoms with Crippen LogP contribution in [0.3, 0.4) is 0 Å². The van der Waals surface area contributed by atoms with E-state index in [0.29, 0.717) is 33.7 Å². The van der Waals surface area contributed by atoms with Crippen LogP contribution in [0, 0.1) is 0 Å². The molecule has 0 saturated heterocycles. The van der Waals surface area contributed by atoms with Gasteiger partial charge in [-0.1, -0.05) is 59.9 Å². The van der Waals surface area contributed by atoms with Gasteiger partial charge in [0.1, 0.15) is 6.04 Å². The Morgan fingerprint density at radius 3 is 2.29 bits per heavy atom. The second-order valence-corrected chi connectivity index (χ2v) is 7.81. The monoisotopic (exact) mass is 440 g/mol. The topological polar surface area (TPSA) is 49.4 Å². The van der Waals surface area contributed by atoms with E-state index in [9.17, 15) is 9.59 Å². The van der Waals surface area contributed by atoms with Gasteiger partial charge in [-0.15, -0.1) is 0 Å². The molecule has 2 aromatic carbocycles. The molecule has 0 aliphatic heterocycles. The summed E-state index contributed by atoms with van der Waals surface area (Å²) in [6, 6.07) is 11.6. The lowest BCUT2D eigenvalue weighted by molar-refractivity contribution is -0.140. The SMILES string of the molecule is CCCNC(=O)C(C)N(Cc1ccc(Cl)cc1)C(=O)Cc1ccc(Cl)cc1Cl. The average molecular weight is 442 g/mol. The van der Waals surface area contributed by atoms with Crippen molar-refractivity contribution in [2.75, 3.05) is 6.54 Å². The highest BCUT2D eigenvalue weighted by Gasteiger charge is 2.26. The van der Waals surface area contributed by atoms with Crippen molar-refractivity contribution in [2.45, 2.75) is 39.3 Å². The third-order valence-electron chi connectivity index (χ3n) is 4.34. The van der Waals surface area contributed by atoms with Crippen LogP contribution >= 0.6 is 34.8 Å². The van der Waals surface area contributed by atoms with Crippen molar-refractivity contribution in [3.05, 3.63) is 68.7 Å². The molecule has 2 amide bonds. The molecule has 0 aromatic heterocycles. The molecule has 0 heterocycles. The first-order valence-corrected chi connectivity index (χ1v) is 10.2. The van der Waals surface area contributed by atoms with Gasteiger partial charge in [0.25, 0.3) is 0 Å². The third-order valence-corrected chi connectivity index (χ3v) is 5.18. The highest BCUT2D eigenvalue weighted by molar-refractivity contribution is 6.35. The summed E-state index contributed by atoms with van der Waals surface area (Å²) >= 11 is 18.1. The summed E-state index contributed by atoms with van der Waals surface area (Å²) in [5, 5.41) is 4.39. The molecule has 7 heteroatoms. The Morgan fingerprint density at radius 1 is 1.04 bits per heavy atom. The fraction of sp³-hybridized carbons (Fsp3) is 0.333. The summed E-state index contributed by atoms with van der Waals surface area (Å²) in [7, 11) is 0. The van der Waals surface area contributed by atoms with E-state index in [2.05, 4.69) is 5.32 Å². The maximum Gasteiger partial charge on any atom is 0.242 e. The van der Waals surface area contributed by atoms with Gasteiger partial charge >= 0.3 is 0 Å². The Morgan fingerprint density at radius 2 is 1.68 bits per heavy atom. The summed E-state index contributed by atoms with van der Waals surface area (Å²) in [5.41, 5.74) is 1.55. The van der Waals surface area contributed by atoms with Crippen molar-refractivity contribution in [1.29, 1.82) is 0 Å². The van der Waals surface area contributed by atoms with Crippen LogP contribution < -0.4 is 5.32 Å². The summed E-state index contributed by atoms with van der Waals surface area (Å²) < 4.78 is 0. The molecule has 28 heavy (non-hydrogen) atoms. The molecule has 1 unspecified atom stereocenters. The number of hydrogen-bond acceptors (Lipinski definition) is 2. The molecular formula is C21H23Cl3N2O2. The molecule has 1 N–H and O–H groups in total. The van der Waals surface area contributed by atoms with E-state index in [0.717, 1.165) is 12.0 Å². The molecule has 150 valence electrons. The highest BCUT2D eigenvalue weighted by Crippen LogP contribution is 2.23. The van der Waals surface area contributed by atoms with E-state index in [1.54, 1.807) is 42.2 Å². The number of benzene rings is 2. The van der Waals surface area contributed by atoms with Gasteiger partial charge in [-0.2, -0.15) is 0 Å². The Labute approximate surface area is 180 Å². The second kappa shape index (κ2) is 10.7. The Bertz CT molecular complexity index is 825. The van der Waals surface area contributed by atoms with Crippen LogP contribution in [0.25, 0.3) is 0 Å². The van der Waals surface area contributed by atoms with Crippen LogP contribution in [0.15, 0.2) is 42.5 Å². The van der Waals surface area contributed by atoms with Gasteiger partial charge in [0.15, 0.2) is 0 Å². The lowest BCUT2D eigenvalue weighted by Crippen LogP contribution is -2.48. The van der Waals surface area contributed by atoms with Gasteiger partial charge in [0.05, 0.1) is 6.42 Å². The zero-order valence-electron chi connectivity index (χ0n) is 15.8. The number of amides is 2. The predicted octanol–water partition coefficient (Wildman–Crippen LogP) is 5.13. The van der Waals surface area contributed by atoms with Crippen LogP contribution in [-0.2, 0) is 22.6 Å². The van der Waals surface area contributed by atoms with Crippen molar-refractivity contribution >= 4 is 46.6 Å². The fourth-order valence-corrected chi connectivity index (χ4v) is 3.30. The fourth-order valence-electron chi connectivity index (χ4n) is 2.69. The van der Waals surface area contributed by atoms with Gasteiger partial charge in [-0.3, -0.25) is 9.59 Å². The smallest absolute Gasteiger partial charge is 0.242 e. The van der Waals surface area contributed by atoms with Crippen molar-refractivity contribution in [3.8, 4) is 0 Å².